The van der Waals surface area contributed by atoms with Gasteiger partial charge in [0, 0.05) is 0 Å². The average Bonchev–Trinajstić information content (AvgIpc) is 2.67. The van der Waals surface area contributed by atoms with Crippen molar-refractivity contribution in [2.45, 2.75) is 0 Å². The normalized spacial score (nSPS) is 10.9. The van der Waals surface area contributed by atoms with Crippen LogP contribution in [0.15, 0.2) is 72.8 Å². The van der Waals surface area contributed by atoms with E-state index in [1.165, 1.54) is 12.1 Å². The Bertz CT molecular complexity index is 1040. The van der Waals surface area contributed by atoms with Crippen molar-refractivity contribution in [1.29, 1.82) is 5.26 Å². The second-order valence-corrected chi connectivity index (χ2v) is 6.00. The van der Waals surface area contributed by atoms with E-state index in [2.05, 4.69) is 6.07 Å². The van der Waals surface area contributed by atoms with Gasteiger partial charge in [-0.05, 0) is 41.5 Å². The van der Waals surface area contributed by atoms with Crippen LogP contribution in [0.4, 0.5) is 4.39 Å². The second kappa shape index (κ2) is 8.31. The van der Waals surface area contributed by atoms with E-state index in [9.17, 15) is 14.4 Å². The van der Waals surface area contributed by atoms with Crippen LogP contribution in [0.5, 0.6) is 5.75 Å². The number of benzene rings is 3. The van der Waals surface area contributed by atoms with Crippen molar-refractivity contribution in [3.05, 3.63) is 100 Å². The van der Waals surface area contributed by atoms with Gasteiger partial charge in [-0.1, -0.05) is 60.1 Å². The molecule has 0 spiro atoms. The topological polar surface area (TPSA) is 50.1 Å². The quantitative estimate of drug-likeness (QED) is 0.251. The molecule has 0 aliphatic carbocycles. The van der Waals surface area contributed by atoms with Gasteiger partial charge < -0.3 is 4.74 Å². The Morgan fingerprint density at radius 1 is 1.04 bits per heavy atom. The third-order valence-electron chi connectivity index (χ3n) is 3.75. The van der Waals surface area contributed by atoms with Crippen molar-refractivity contribution in [2.75, 3.05) is 0 Å². The van der Waals surface area contributed by atoms with Gasteiger partial charge in [-0.2, -0.15) is 5.26 Å². The van der Waals surface area contributed by atoms with Crippen LogP contribution in [-0.2, 0) is 0 Å². The Morgan fingerprint density at radius 3 is 2.48 bits per heavy atom. The minimum absolute atomic E-state index is 0.0214. The molecule has 3 rings (SSSR count). The predicted molar refractivity (Wildman–Crippen MR) is 103 cm³/mol. The zero-order chi connectivity index (χ0) is 19.2. The molecule has 0 aliphatic heterocycles. The van der Waals surface area contributed by atoms with E-state index in [0.717, 1.165) is 11.6 Å². The summed E-state index contributed by atoms with van der Waals surface area (Å²) in [5.74, 6) is -1.42. The van der Waals surface area contributed by atoms with Crippen molar-refractivity contribution >= 4 is 29.2 Å². The first-order chi connectivity index (χ1) is 13.1. The second-order valence-electron chi connectivity index (χ2n) is 5.59. The van der Waals surface area contributed by atoms with Crippen LogP contribution >= 0.6 is 11.6 Å². The van der Waals surface area contributed by atoms with Gasteiger partial charge in [-0.3, -0.25) is 0 Å². The van der Waals surface area contributed by atoms with Gasteiger partial charge in [-0.25, -0.2) is 9.18 Å². The number of nitrogens with zero attached hydrogens (tertiary/aromatic N) is 1. The molecule has 0 amide bonds. The standard InChI is InChI=1S/C22H13ClFNO2/c23-19-10-5-11-20(24)21(19)22(26)27-18-9-4-6-15(13-18)12-17(14-25)16-7-2-1-3-8-16/h1-13H/b17-12-. The van der Waals surface area contributed by atoms with E-state index in [-0.39, 0.29) is 16.3 Å². The van der Waals surface area contributed by atoms with Crippen LogP contribution in [0.3, 0.4) is 0 Å². The van der Waals surface area contributed by atoms with Gasteiger partial charge in [0.15, 0.2) is 0 Å². The number of rotatable bonds is 4. The lowest BCUT2D eigenvalue weighted by Crippen LogP contribution is -2.11. The Morgan fingerprint density at radius 2 is 1.78 bits per heavy atom. The molecule has 0 fully saturated rings. The summed E-state index contributed by atoms with van der Waals surface area (Å²) in [7, 11) is 0. The van der Waals surface area contributed by atoms with Crippen molar-refractivity contribution in [1.82, 2.24) is 0 Å². The number of halogens is 2. The Hall–Kier alpha value is -3.42. The molecule has 0 N–H and O–H groups in total. The minimum atomic E-state index is -0.886. The van der Waals surface area contributed by atoms with Crippen molar-refractivity contribution in [3.63, 3.8) is 0 Å². The number of hydrogen-bond acceptors (Lipinski definition) is 3. The van der Waals surface area contributed by atoms with Gasteiger partial charge >= 0.3 is 5.97 Å². The molecule has 3 aromatic carbocycles. The van der Waals surface area contributed by atoms with Crippen LogP contribution in [0, 0.1) is 17.1 Å². The van der Waals surface area contributed by atoms with Gasteiger partial charge in [0.25, 0.3) is 0 Å². The van der Waals surface area contributed by atoms with Crippen LogP contribution in [0.2, 0.25) is 5.02 Å². The van der Waals surface area contributed by atoms with E-state index >= 15 is 0 Å². The summed E-state index contributed by atoms with van der Waals surface area (Å²) < 4.78 is 19.1. The zero-order valence-electron chi connectivity index (χ0n) is 14.0. The number of carbonyl (C=O) groups excluding carboxylic acids is 1. The molecule has 0 aliphatic rings. The third kappa shape index (κ3) is 4.41. The molecule has 5 heteroatoms. The number of ether oxygens (including phenoxy) is 1. The molecule has 0 unspecified atom stereocenters. The van der Waals surface area contributed by atoms with Crippen molar-refractivity contribution in [2.24, 2.45) is 0 Å². The van der Waals surface area contributed by atoms with Gasteiger partial charge in [-0.15, -0.1) is 0 Å². The largest absolute Gasteiger partial charge is 0.423 e. The number of carbonyl (C=O) groups is 1. The Kier molecular flexibility index (Phi) is 5.65. The zero-order valence-corrected chi connectivity index (χ0v) is 14.8. The fraction of sp³-hybridized carbons (Fsp3) is 0. The highest BCUT2D eigenvalue weighted by Crippen LogP contribution is 2.24. The molecular formula is C22H13ClFNO2. The Labute approximate surface area is 160 Å². The first-order valence-electron chi connectivity index (χ1n) is 8.02. The van der Waals surface area contributed by atoms with Gasteiger partial charge in [0.1, 0.15) is 17.1 Å². The summed E-state index contributed by atoms with van der Waals surface area (Å²) in [4.78, 5) is 12.3. The molecule has 3 aromatic rings. The van der Waals surface area contributed by atoms with Crippen LogP contribution in [0.25, 0.3) is 11.6 Å². The maximum Gasteiger partial charge on any atom is 0.348 e. The van der Waals surface area contributed by atoms with Crippen molar-refractivity contribution in [3.8, 4) is 11.8 Å². The van der Waals surface area contributed by atoms with Crippen molar-refractivity contribution < 1.29 is 13.9 Å². The van der Waals surface area contributed by atoms with Crippen LogP contribution in [-0.4, -0.2) is 5.97 Å². The first kappa shape index (κ1) is 18.4. The molecule has 0 bridgehead atoms. The molecule has 27 heavy (non-hydrogen) atoms. The average molecular weight is 378 g/mol. The highest BCUT2D eigenvalue weighted by molar-refractivity contribution is 6.33. The molecule has 0 atom stereocenters. The minimum Gasteiger partial charge on any atom is -0.423 e. The van der Waals surface area contributed by atoms with E-state index in [1.807, 2.05) is 30.3 Å². The summed E-state index contributed by atoms with van der Waals surface area (Å²) in [5, 5.41) is 9.38. The number of esters is 1. The molecule has 3 nitrogen and oxygen atoms in total. The highest BCUT2D eigenvalue weighted by Gasteiger charge is 2.18. The number of nitriles is 1. The summed E-state index contributed by atoms with van der Waals surface area (Å²) in [5.41, 5.74) is 1.60. The maximum absolute atomic E-state index is 13.9. The summed E-state index contributed by atoms with van der Waals surface area (Å²) in [6.07, 6.45) is 1.68. The van der Waals surface area contributed by atoms with Crippen LogP contribution in [0.1, 0.15) is 21.5 Å². The molecule has 0 saturated carbocycles. The smallest absolute Gasteiger partial charge is 0.348 e. The van der Waals surface area contributed by atoms with Gasteiger partial charge in [0.05, 0.1) is 16.7 Å². The van der Waals surface area contributed by atoms with E-state index in [0.29, 0.717) is 11.1 Å². The molecule has 0 radical (unpaired) electrons. The van der Waals surface area contributed by atoms with Gasteiger partial charge in [0.2, 0.25) is 0 Å². The molecule has 132 valence electrons. The number of allylic oxidation sites excluding steroid dienone is 1. The summed E-state index contributed by atoms with van der Waals surface area (Å²) >= 11 is 5.89. The fourth-order valence-corrected chi connectivity index (χ4v) is 2.72. The highest BCUT2D eigenvalue weighted by atomic mass is 35.5. The van der Waals surface area contributed by atoms with E-state index < -0.39 is 11.8 Å². The van der Waals surface area contributed by atoms with Crippen LogP contribution < -0.4 is 4.74 Å². The molecule has 0 aromatic heterocycles. The molecule has 0 heterocycles. The van der Waals surface area contributed by atoms with E-state index in [1.54, 1.807) is 30.3 Å². The molecule has 0 saturated heterocycles. The monoisotopic (exact) mass is 377 g/mol. The number of hydrogen-bond donors (Lipinski definition) is 0. The van der Waals surface area contributed by atoms with E-state index in [4.69, 9.17) is 16.3 Å². The first-order valence-corrected chi connectivity index (χ1v) is 8.40. The Balaban J connectivity index is 1.87. The lowest BCUT2D eigenvalue weighted by Gasteiger charge is -2.07. The lowest BCUT2D eigenvalue weighted by molar-refractivity contribution is 0.0730. The fourth-order valence-electron chi connectivity index (χ4n) is 2.48. The summed E-state index contributed by atoms with van der Waals surface area (Å²) in [6, 6.07) is 21.9. The summed E-state index contributed by atoms with van der Waals surface area (Å²) in [6.45, 7) is 0. The maximum atomic E-state index is 13.9. The SMILES string of the molecule is N#C/C(=C/c1cccc(OC(=O)c2c(F)cccc2Cl)c1)c1ccccc1. The predicted octanol–water partition coefficient (Wildman–Crippen LogP) is 5.76. The third-order valence-corrected chi connectivity index (χ3v) is 4.07. The lowest BCUT2D eigenvalue weighted by atomic mass is 10.0. The molecular weight excluding hydrogens is 365 g/mol.